The summed E-state index contributed by atoms with van der Waals surface area (Å²) in [4.78, 5) is 9.74. The molecule has 1 aliphatic heterocycles. The van der Waals surface area contributed by atoms with E-state index in [-0.39, 0.29) is 0 Å². The molecule has 0 radical (unpaired) electrons. The maximum atomic E-state index is 6.07. The molecule has 1 aromatic carbocycles. The number of anilines is 1. The van der Waals surface area contributed by atoms with Gasteiger partial charge in [0.15, 0.2) is 0 Å². The number of hydrogen-bond acceptors (Lipinski definition) is 4. The number of aryl methyl sites for hydroxylation is 1. The molecule has 2 heterocycles. The lowest BCUT2D eigenvalue weighted by Crippen LogP contribution is -2.50. The van der Waals surface area contributed by atoms with Crippen LogP contribution in [0.1, 0.15) is 20.3 Å². The van der Waals surface area contributed by atoms with Crippen LogP contribution in [0.25, 0.3) is 11.0 Å². The van der Waals surface area contributed by atoms with Gasteiger partial charge in [0.25, 0.3) is 0 Å². The number of imidazole rings is 1. The summed E-state index contributed by atoms with van der Waals surface area (Å²) in [6, 6.07) is 8.70. The van der Waals surface area contributed by atoms with Crippen molar-refractivity contribution in [3.05, 3.63) is 24.3 Å². The predicted octanol–water partition coefficient (Wildman–Crippen LogP) is 1.92. The lowest BCUT2D eigenvalue weighted by atomic mass is 10.2. The van der Waals surface area contributed by atoms with Crippen molar-refractivity contribution < 1.29 is 0 Å². The van der Waals surface area contributed by atoms with Crippen LogP contribution in [0.2, 0.25) is 0 Å². The van der Waals surface area contributed by atoms with Crippen molar-refractivity contribution in [3.8, 4) is 0 Å². The number of benzene rings is 1. The molecule has 0 saturated carbocycles. The third-order valence-electron chi connectivity index (χ3n) is 4.62. The summed E-state index contributed by atoms with van der Waals surface area (Å²) in [5, 5.41) is 0. The monoisotopic (exact) mass is 301 g/mol. The van der Waals surface area contributed by atoms with Gasteiger partial charge in [-0.15, -0.1) is 0 Å². The molecule has 2 N–H and O–H groups in total. The Bertz CT molecular complexity index is 613. The van der Waals surface area contributed by atoms with Gasteiger partial charge in [-0.3, -0.25) is 4.90 Å². The zero-order chi connectivity index (χ0) is 15.5. The van der Waals surface area contributed by atoms with Crippen molar-refractivity contribution in [1.29, 1.82) is 0 Å². The molecule has 1 saturated heterocycles. The first kappa shape index (κ1) is 15.3. The summed E-state index contributed by atoms with van der Waals surface area (Å²) in [7, 11) is 0. The number of piperazine rings is 1. The summed E-state index contributed by atoms with van der Waals surface area (Å²) in [6.45, 7) is 10.5. The molecule has 22 heavy (non-hydrogen) atoms. The predicted molar refractivity (Wildman–Crippen MR) is 92.3 cm³/mol. The van der Waals surface area contributed by atoms with E-state index in [2.05, 4.69) is 52.5 Å². The van der Waals surface area contributed by atoms with E-state index in [4.69, 9.17) is 10.7 Å². The molecule has 0 bridgehead atoms. The van der Waals surface area contributed by atoms with Crippen LogP contribution in [0.4, 0.5) is 5.95 Å². The summed E-state index contributed by atoms with van der Waals surface area (Å²) in [5.74, 6) is 1.11. The molecule has 0 amide bonds. The van der Waals surface area contributed by atoms with Gasteiger partial charge in [0.05, 0.1) is 11.0 Å². The van der Waals surface area contributed by atoms with Crippen LogP contribution in [-0.2, 0) is 6.54 Å². The van der Waals surface area contributed by atoms with Crippen LogP contribution in [0.3, 0.4) is 0 Å². The third kappa shape index (κ3) is 2.96. The molecule has 1 unspecified atom stereocenters. The molecule has 1 aliphatic rings. The number of nitrogens with zero attached hydrogens (tertiary/aromatic N) is 4. The number of aromatic nitrogens is 2. The SMILES string of the molecule is CCC(N)CN1CCN(c2nc3ccccc3n2CC)CC1. The Balaban J connectivity index is 1.73. The lowest BCUT2D eigenvalue weighted by Gasteiger charge is -2.36. The average molecular weight is 301 g/mol. The molecule has 0 spiro atoms. The Hall–Kier alpha value is -1.59. The van der Waals surface area contributed by atoms with E-state index in [0.717, 1.165) is 57.2 Å². The molecule has 2 aromatic rings. The van der Waals surface area contributed by atoms with Crippen LogP contribution in [0, 0.1) is 0 Å². The smallest absolute Gasteiger partial charge is 0.206 e. The van der Waals surface area contributed by atoms with E-state index >= 15 is 0 Å². The Morgan fingerprint density at radius 1 is 1.14 bits per heavy atom. The second-order valence-electron chi connectivity index (χ2n) is 6.10. The minimum Gasteiger partial charge on any atom is -0.340 e. The Labute approximate surface area is 132 Å². The number of nitrogens with two attached hydrogens (primary N) is 1. The maximum Gasteiger partial charge on any atom is 0.206 e. The lowest BCUT2D eigenvalue weighted by molar-refractivity contribution is 0.239. The molecular formula is C17H27N5. The average Bonchev–Trinajstić information content (AvgIpc) is 2.94. The molecular weight excluding hydrogens is 274 g/mol. The highest BCUT2D eigenvalue weighted by atomic mass is 15.4. The first-order chi connectivity index (χ1) is 10.7. The van der Waals surface area contributed by atoms with Gasteiger partial charge < -0.3 is 15.2 Å². The zero-order valence-corrected chi connectivity index (χ0v) is 13.7. The van der Waals surface area contributed by atoms with Crippen molar-refractivity contribution in [2.75, 3.05) is 37.6 Å². The van der Waals surface area contributed by atoms with Crippen LogP contribution in [0.5, 0.6) is 0 Å². The fraction of sp³-hybridized carbons (Fsp3) is 0.588. The molecule has 1 atom stereocenters. The highest BCUT2D eigenvalue weighted by Crippen LogP contribution is 2.23. The molecule has 5 heteroatoms. The topological polar surface area (TPSA) is 50.3 Å². The second kappa shape index (κ2) is 6.67. The van der Waals surface area contributed by atoms with Gasteiger partial charge in [-0.1, -0.05) is 19.1 Å². The van der Waals surface area contributed by atoms with Gasteiger partial charge >= 0.3 is 0 Å². The third-order valence-corrected chi connectivity index (χ3v) is 4.62. The second-order valence-corrected chi connectivity index (χ2v) is 6.10. The van der Waals surface area contributed by atoms with Gasteiger partial charge in [-0.05, 0) is 25.5 Å². The van der Waals surface area contributed by atoms with E-state index in [1.54, 1.807) is 0 Å². The van der Waals surface area contributed by atoms with Crippen LogP contribution >= 0.6 is 0 Å². The van der Waals surface area contributed by atoms with Crippen molar-refractivity contribution >= 4 is 17.0 Å². The van der Waals surface area contributed by atoms with Gasteiger partial charge in [-0.25, -0.2) is 4.98 Å². The molecule has 120 valence electrons. The van der Waals surface area contributed by atoms with Crippen molar-refractivity contribution in [1.82, 2.24) is 14.5 Å². The largest absolute Gasteiger partial charge is 0.340 e. The Morgan fingerprint density at radius 2 is 1.86 bits per heavy atom. The summed E-state index contributed by atoms with van der Waals surface area (Å²) in [5.41, 5.74) is 8.40. The molecule has 3 rings (SSSR count). The summed E-state index contributed by atoms with van der Waals surface area (Å²) in [6.07, 6.45) is 1.05. The maximum absolute atomic E-state index is 6.07. The van der Waals surface area contributed by atoms with Gasteiger partial charge in [0.2, 0.25) is 5.95 Å². The van der Waals surface area contributed by atoms with Crippen molar-refractivity contribution in [3.63, 3.8) is 0 Å². The Kier molecular flexibility index (Phi) is 4.64. The minimum absolute atomic E-state index is 0.298. The van der Waals surface area contributed by atoms with Gasteiger partial charge in [0.1, 0.15) is 0 Å². The van der Waals surface area contributed by atoms with Crippen molar-refractivity contribution in [2.45, 2.75) is 32.9 Å². The quantitative estimate of drug-likeness (QED) is 0.916. The highest BCUT2D eigenvalue weighted by Gasteiger charge is 2.22. The first-order valence-electron chi connectivity index (χ1n) is 8.41. The standard InChI is InChI=1S/C17H27N5/c1-3-14(18)13-20-9-11-21(12-10-20)17-19-15-7-5-6-8-16(15)22(17)4-2/h5-8,14H,3-4,9-13,18H2,1-2H3. The van der Waals surface area contributed by atoms with E-state index in [0.29, 0.717) is 6.04 Å². The first-order valence-corrected chi connectivity index (χ1v) is 8.41. The normalized spacial score (nSPS) is 18.0. The molecule has 5 nitrogen and oxygen atoms in total. The van der Waals surface area contributed by atoms with Gasteiger partial charge in [0, 0.05) is 45.3 Å². The number of fused-ring (bicyclic) bond motifs is 1. The minimum atomic E-state index is 0.298. The van der Waals surface area contributed by atoms with Crippen LogP contribution < -0.4 is 10.6 Å². The molecule has 1 aromatic heterocycles. The zero-order valence-electron chi connectivity index (χ0n) is 13.7. The number of hydrogen-bond donors (Lipinski definition) is 1. The molecule has 0 aliphatic carbocycles. The van der Waals surface area contributed by atoms with E-state index < -0.39 is 0 Å². The molecule has 1 fully saturated rings. The van der Waals surface area contributed by atoms with Gasteiger partial charge in [-0.2, -0.15) is 0 Å². The summed E-state index contributed by atoms with van der Waals surface area (Å²) < 4.78 is 2.32. The number of rotatable bonds is 5. The van der Waals surface area contributed by atoms with Crippen molar-refractivity contribution in [2.24, 2.45) is 5.73 Å². The Morgan fingerprint density at radius 3 is 2.55 bits per heavy atom. The summed E-state index contributed by atoms with van der Waals surface area (Å²) >= 11 is 0. The van der Waals surface area contributed by atoms with E-state index in [9.17, 15) is 0 Å². The van der Waals surface area contributed by atoms with E-state index in [1.807, 2.05) is 0 Å². The van der Waals surface area contributed by atoms with E-state index in [1.165, 1.54) is 5.52 Å². The fourth-order valence-corrected chi connectivity index (χ4v) is 3.21. The highest BCUT2D eigenvalue weighted by molar-refractivity contribution is 5.78. The number of para-hydroxylation sites is 2. The van der Waals surface area contributed by atoms with Crippen LogP contribution in [-0.4, -0.2) is 53.2 Å². The fourth-order valence-electron chi connectivity index (χ4n) is 3.21. The van der Waals surface area contributed by atoms with Crippen LogP contribution in [0.15, 0.2) is 24.3 Å².